The van der Waals surface area contributed by atoms with E-state index in [1.807, 2.05) is 22.9 Å². The summed E-state index contributed by atoms with van der Waals surface area (Å²) in [5.74, 6) is -1.12. The third-order valence-corrected chi connectivity index (χ3v) is 12.8. The molecule has 16 heteroatoms. The number of halogens is 4. The van der Waals surface area contributed by atoms with E-state index in [1.54, 1.807) is 0 Å². The molecule has 0 saturated carbocycles. The van der Waals surface area contributed by atoms with Crippen LogP contribution in [-0.2, 0) is 4.79 Å². The molecule has 0 aliphatic carbocycles. The van der Waals surface area contributed by atoms with Crippen molar-refractivity contribution in [1.29, 1.82) is 5.26 Å². The van der Waals surface area contributed by atoms with E-state index in [4.69, 9.17) is 31.8 Å². The average Bonchev–Trinajstić information content (AvgIpc) is 3.46. The van der Waals surface area contributed by atoms with Gasteiger partial charge in [-0.2, -0.15) is 15.2 Å². The summed E-state index contributed by atoms with van der Waals surface area (Å²) < 4.78 is 59.5. The first-order chi connectivity index (χ1) is 24.6. The Morgan fingerprint density at radius 3 is 2.88 bits per heavy atom. The van der Waals surface area contributed by atoms with Gasteiger partial charge >= 0.3 is 6.01 Å². The van der Waals surface area contributed by atoms with Crippen molar-refractivity contribution in [3.8, 4) is 29.0 Å². The summed E-state index contributed by atoms with van der Waals surface area (Å²) >= 11 is 8.00. The Morgan fingerprint density at radius 2 is 2.10 bits per heavy atom. The van der Waals surface area contributed by atoms with Crippen LogP contribution in [0.25, 0.3) is 32.1 Å². The fraction of sp³-hybridized carbons (Fsp3) is 0.486. The normalized spacial score (nSPS) is 26.9. The lowest BCUT2D eigenvalue weighted by Crippen LogP contribution is -2.42. The van der Waals surface area contributed by atoms with E-state index in [1.165, 1.54) is 12.1 Å². The van der Waals surface area contributed by atoms with Gasteiger partial charge in [0.05, 0.1) is 46.0 Å². The monoisotopic (exact) mass is 738 g/mol. The number of nitrogens with one attached hydrogen (secondary N) is 1. The summed E-state index contributed by atoms with van der Waals surface area (Å²) in [6.07, 6.45) is 1.98. The molecule has 11 nitrogen and oxygen atoms in total. The quantitative estimate of drug-likeness (QED) is 0.263. The Hall–Kier alpha value is -4.10. The Morgan fingerprint density at radius 1 is 1.27 bits per heavy atom. The highest BCUT2D eigenvalue weighted by Gasteiger charge is 2.49. The van der Waals surface area contributed by atoms with E-state index in [0.29, 0.717) is 44.8 Å². The fourth-order valence-electron chi connectivity index (χ4n) is 8.82. The van der Waals surface area contributed by atoms with Gasteiger partial charge in [0.15, 0.2) is 11.6 Å². The Balaban J connectivity index is 1.19. The van der Waals surface area contributed by atoms with Gasteiger partial charge in [0.25, 0.3) is 0 Å². The number of thiophene rings is 1. The van der Waals surface area contributed by atoms with Crippen LogP contribution in [0.1, 0.15) is 31.2 Å². The molecule has 2 aromatic carbocycles. The zero-order chi connectivity index (χ0) is 35.3. The number of ether oxygens (including phenoxy) is 2. The van der Waals surface area contributed by atoms with Crippen molar-refractivity contribution in [3.63, 3.8) is 0 Å². The number of hydrogen-bond donors (Lipinski definition) is 2. The number of nitriles is 1. The second kappa shape index (κ2) is 12.0. The molecule has 4 aromatic rings. The molecule has 4 fully saturated rings. The fourth-order valence-corrected chi connectivity index (χ4v) is 10.1. The molecule has 5 atom stereocenters. The van der Waals surface area contributed by atoms with Gasteiger partial charge in [0, 0.05) is 62.1 Å². The summed E-state index contributed by atoms with van der Waals surface area (Å²) in [5, 5.41) is 13.4. The summed E-state index contributed by atoms with van der Waals surface area (Å²) in [5.41, 5.74) is 5.75. The first kappa shape index (κ1) is 32.8. The van der Waals surface area contributed by atoms with Crippen LogP contribution in [0.2, 0.25) is 5.02 Å². The van der Waals surface area contributed by atoms with Crippen LogP contribution in [0.3, 0.4) is 0 Å². The van der Waals surface area contributed by atoms with Crippen molar-refractivity contribution in [2.24, 2.45) is 5.92 Å². The van der Waals surface area contributed by atoms with E-state index in [9.17, 15) is 14.4 Å². The van der Waals surface area contributed by atoms with Gasteiger partial charge in [-0.3, -0.25) is 9.69 Å². The highest BCUT2D eigenvalue weighted by atomic mass is 35.5. The molecule has 5 aliphatic heterocycles. The molecule has 2 aromatic heterocycles. The zero-order valence-corrected chi connectivity index (χ0v) is 29.2. The molecule has 2 unspecified atom stereocenters. The number of anilines is 2. The third-order valence-electron chi connectivity index (χ3n) is 11.4. The largest absolute Gasteiger partial charge is 0.491 e. The summed E-state index contributed by atoms with van der Waals surface area (Å²) in [6.45, 7) is 3.10. The van der Waals surface area contributed by atoms with E-state index in [0.717, 1.165) is 30.7 Å². The molecule has 0 radical (unpaired) electrons. The van der Waals surface area contributed by atoms with Crippen molar-refractivity contribution >= 4 is 60.7 Å². The van der Waals surface area contributed by atoms with Crippen LogP contribution in [0.5, 0.6) is 11.8 Å². The number of amides is 1. The minimum absolute atomic E-state index is 0.0160. The number of likely N-dealkylation sites (tertiary alicyclic amines) is 1. The number of hydrogen-bond acceptors (Lipinski definition) is 11. The van der Waals surface area contributed by atoms with Gasteiger partial charge in [0.1, 0.15) is 34.4 Å². The third kappa shape index (κ3) is 5.08. The number of fused-ring (bicyclic) bond motifs is 3. The topological polar surface area (TPSA) is 143 Å². The van der Waals surface area contributed by atoms with Crippen molar-refractivity contribution < 1.29 is 27.4 Å². The zero-order valence-electron chi connectivity index (χ0n) is 27.6. The number of alkyl halides is 1. The minimum atomic E-state index is -0.886. The molecule has 3 N–H and O–H groups in total. The van der Waals surface area contributed by atoms with Crippen molar-refractivity contribution in [2.45, 2.75) is 49.5 Å². The Kier molecular flexibility index (Phi) is 7.70. The number of carbonyl (C=O) groups excluding carboxylic acids is 1. The van der Waals surface area contributed by atoms with Crippen molar-refractivity contribution in [3.05, 3.63) is 34.4 Å². The van der Waals surface area contributed by atoms with E-state index < -0.39 is 17.8 Å². The molecule has 7 heterocycles. The molecule has 0 bridgehead atoms. The summed E-state index contributed by atoms with van der Waals surface area (Å²) in [6, 6.07) is 4.10. The Labute approximate surface area is 300 Å². The van der Waals surface area contributed by atoms with Gasteiger partial charge in [-0.15, -0.1) is 11.3 Å². The predicted octanol–water partition coefficient (Wildman–Crippen LogP) is 4.87. The van der Waals surface area contributed by atoms with Crippen molar-refractivity contribution in [1.82, 2.24) is 25.1 Å². The number of aromatic nitrogens is 2. The lowest BCUT2D eigenvalue weighted by Gasteiger charge is -2.34. The van der Waals surface area contributed by atoms with Crippen LogP contribution in [-0.4, -0.2) is 102 Å². The standard InChI is InChI=1S/C35H34ClF3N8O3S/c1-45-22-14-46(33(48)21-11-42-21)12-16(22)15-50-29-25-28(43-34(44-32(25)45)49-8-6-35-5-2-7-47(35)13-17(37)9-35)27(39)24(26(29)36)18-3-4-20(38)30-23(18)19(10-40)31(41)51-30/h3-4,16-17,21-22,42H,2,5-9,11-15,41H2,1H3/t16?,17-,21-,22?,35-/m1/s1. The maximum absolute atomic E-state index is 17.2. The Bertz CT molecular complexity index is 2180. The van der Waals surface area contributed by atoms with Crippen LogP contribution in [0.15, 0.2) is 12.1 Å². The van der Waals surface area contributed by atoms with Crippen molar-refractivity contribution in [2.75, 3.05) is 63.6 Å². The number of likely N-dealkylation sites (N-methyl/N-ethyl adjacent to an activating group) is 1. The van der Waals surface area contributed by atoms with Gasteiger partial charge < -0.3 is 30.3 Å². The van der Waals surface area contributed by atoms with Gasteiger partial charge in [0.2, 0.25) is 5.91 Å². The second-order valence-electron chi connectivity index (χ2n) is 14.3. The SMILES string of the molecule is CN1c2nc(OCC[C@@]34CCCN3C[C@H](F)C4)nc3c(F)c(-c4ccc(F)c5sc(N)c(C#N)c45)c(Cl)c(c23)OCC2CN(C(=O)[C@H]3CN3)CC21. The summed E-state index contributed by atoms with van der Waals surface area (Å²) in [7, 11) is 1.84. The maximum atomic E-state index is 17.2. The number of rotatable bonds is 6. The lowest BCUT2D eigenvalue weighted by atomic mass is 9.90. The molecule has 9 rings (SSSR count). The highest BCUT2D eigenvalue weighted by molar-refractivity contribution is 7.23. The van der Waals surface area contributed by atoms with E-state index in [-0.39, 0.29) is 102 Å². The number of nitrogens with two attached hydrogens (primary N) is 1. The number of carbonyl (C=O) groups is 1. The van der Waals surface area contributed by atoms with Crippen LogP contribution < -0.4 is 25.4 Å². The average molecular weight is 739 g/mol. The van der Waals surface area contributed by atoms with Gasteiger partial charge in [-0.05, 0) is 37.4 Å². The molecule has 1 amide bonds. The molecular formula is C35H34ClF3N8O3S. The molecule has 51 heavy (non-hydrogen) atoms. The molecular weight excluding hydrogens is 705 g/mol. The van der Waals surface area contributed by atoms with E-state index >= 15 is 8.78 Å². The maximum Gasteiger partial charge on any atom is 0.319 e. The molecule has 0 spiro atoms. The summed E-state index contributed by atoms with van der Waals surface area (Å²) in [4.78, 5) is 28.4. The minimum Gasteiger partial charge on any atom is -0.491 e. The van der Waals surface area contributed by atoms with Crippen LogP contribution in [0.4, 0.5) is 24.0 Å². The lowest BCUT2D eigenvalue weighted by molar-refractivity contribution is -0.129. The molecule has 5 aliphatic rings. The van der Waals surface area contributed by atoms with Gasteiger partial charge in [-0.25, -0.2) is 13.2 Å². The number of benzene rings is 2. The van der Waals surface area contributed by atoms with E-state index in [2.05, 4.69) is 15.2 Å². The van der Waals surface area contributed by atoms with Crippen LogP contribution >= 0.6 is 22.9 Å². The number of nitrogens with zero attached hydrogens (tertiary/aromatic N) is 6. The highest BCUT2D eigenvalue weighted by Crippen LogP contribution is 2.51. The second-order valence-corrected chi connectivity index (χ2v) is 15.7. The smallest absolute Gasteiger partial charge is 0.319 e. The van der Waals surface area contributed by atoms with Gasteiger partial charge in [-0.1, -0.05) is 17.7 Å². The first-order valence-electron chi connectivity index (χ1n) is 17.1. The first-order valence-corrected chi connectivity index (χ1v) is 18.3. The molecule has 266 valence electrons. The van der Waals surface area contributed by atoms with Crippen LogP contribution in [0, 0.1) is 28.9 Å². The molecule has 4 saturated heterocycles. The predicted molar refractivity (Wildman–Crippen MR) is 187 cm³/mol. The number of nitrogen functional groups attached to an aromatic ring is 1.